The fourth-order valence-electron chi connectivity index (χ4n) is 0.167. The summed E-state index contributed by atoms with van der Waals surface area (Å²) in [6.07, 6.45) is 4.43. The van der Waals surface area contributed by atoms with Gasteiger partial charge in [-0.1, -0.05) is 46.6 Å². The Hall–Kier alpha value is -0.780. The molecule has 0 saturated carbocycles. The molecule has 0 unspecified atom stereocenters. The zero-order chi connectivity index (χ0) is 11.7. The Labute approximate surface area is 86.1 Å². The summed E-state index contributed by atoms with van der Waals surface area (Å²) >= 11 is 0. The quantitative estimate of drug-likeness (QED) is 0.515. The molecule has 0 aliphatic rings. The van der Waals surface area contributed by atoms with Crippen molar-refractivity contribution < 1.29 is 0 Å². The Morgan fingerprint density at radius 2 is 1.23 bits per heavy atom. The first-order chi connectivity index (χ1) is 6.22. The third-order valence-corrected chi connectivity index (χ3v) is 1.05. The largest absolute Gasteiger partial charge is 0.106 e. The first-order valence-electron chi connectivity index (χ1n) is 4.85. The predicted octanol–water partition coefficient (Wildman–Crippen LogP) is 5.24. The van der Waals surface area contributed by atoms with Gasteiger partial charge in [-0.05, 0) is 5.92 Å². The number of hydrogen-bond acceptors (Lipinski definition) is 0. The van der Waals surface area contributed by atoms with E-state index in [4.69, 9.17) is 0 Å². The van der Waals surface area contributed by atoms with Crippen LogP contribution in [0, 0.1) is 5.92 Å². The molecule has 0 fully saturated rings. The smallest absolute Gasteiger partial charge is 0.0267 e. The summed E-state index contributed by atoms with van der Waals surface area (Å²) in [5.74, 6) is 0.699. The van der Waals surface area contributed by atoms with E-state index in [2.05, 4.69) is 60.6 Å². The van der Waals surface area contributed by atoms with Gasteiger partial charge >= 0.3 is 0 Å². The fraction of sp³-hybridized carbons (Fsp3) is 0.538. The summed E-state index contributed by atoms with van der Waals surface area (Å²) in [4.78, 5) is 0. The lowest BCUT2D eigenvalue weighted by Crippen LogP contribution is -1.80. The first-order valence-corrected chi connectivity index (χ1v) is 4.85. The molecule has 0 aromatic heterocycles. The maximum absolute atomic E-state index is 3.63. The van der Waals surface area contributed by atoms with Gasteiger partial charge in [-0.15, -0.1) is 32.9 Å². The van der Waals surface area contributed by atoms with Crippen molar-refractivity contribution in [2.45, 2.75) is 40.5 Å². The van der Waals surface area contributed by atoms with Crippen molar-refractivity contribution in [3.8, 4) is 0 Å². The number of rotatable bonds is 2. The molecule has 0 saturated heterocycles. The summed E-state index contributed by atoms with van der Waals surface area (Å²) in [5, 5.41) is 0. The SMILES string of the molecule is C=C.C=C.C=C[C@@H](C)CC.CCC. The van der Waals surface area contributed by atoms with Crippen molar-refractivity contribution in [3.05, 3.63) is 39.0 Å². The van der Waals surface area contributed by atoms with Crippen LogP contribution >= 0.6 is 0 Å². The van der Waals surface area contributed by atoms with Gasteiger partial charge in [0.2, 0.25) is 0 Å². The van der Waals surface area contributed by atoms with Crippen LogP contribution in [0.2, 0.25) is 0 Å². The van der Waals surface area contributed by atoms with Crippen LogP contribution in [0.25, 0.3) is 0 Å². The highest BCUT2D eigenvalue weighted by Gasteiger charge is 1.84. The van der Waals surface area contributed by atoms with Gasteiger partial charge < -0.3 is 0 Å². The molecule has 0 aromatic rings. The average molecular weight is 184 g/mol. The first kappa shape index (κ1) is 22.8. The molecule has 1 atom stereocenters. The Kier molecular flexibility index (Phi) is 75.3. The zero-order valence-electron chi connectivity index (χ0n) is 10.1. The van der Waals surface area contributed by atoms with Crippen molar-refractivity contribution >= 4 is 0 Å². The van der Waals surface area contributed by atoms with Gasteiger partial charge in [0.1, 0.15) is 0 Å². The average Bonchev–Trinajstić information content (AvgIpc) is 2.24. The molecule has 0 spiro atoms. The summed E-state index contributed by atoms with van der Waals surface area (Å²) in [7, 11) is 0. The summed E-state index contributed by atoms with van der Waals surface area (Å²) in [6.45, 7) is 24.2. The lowest BCUT2D eigenvalue weighted by molar-refractivity contribution is 0.700. The number of hydrogen-bond donors (Lipinski definition) is 0. The van der Waals surface area contributed by atoms with Crippen LogP contribution in [0.1, 0.15) is 40.5 Å². The highest BCUT2D eigenvalue weighted by molar-refractivity contribution is 4.72. The van der Waals surface area contributed by atoms with Gasteiger partial charge in [-0.25, -0.2) is 0 Å². The van der Waals surface area contributed by atoms with E-state index < -0.39 is 0 Å². The van der Waals surface area contributed by atoms with Crippen LogP contribution in [-0.4, -0.2) is 0 Å². The van der Waals surface area contributed by atoms with Gasteiger partial charge in [0.25, 0.3) is 0 Å². The van der Waals surface area contributed by atoms with E-state index in [1.165, 1.54) is 12.8 Å². The standard InChI is InChI=1S/C6H12.C3H8.2C2H4/c1-4-6(3)5-2;1-3-2;2*1-2/h4,6H,1,5H2,2-3H3;3H2,1-2H3;2*1-2H2/t6-;;;/m1.../s1. The molecule has 0 heterocycles. The maximum atomic E-state index is 3.63. The van der Waals surface area contributed by atoms with E-state index >= 15 is 0 Å². The summed E-state index contributed by atoms with van der Waals surface area (Å²) in [6, 6.07) is 0. The molecule has 0 radical (unpaired) electrons. The lowest BCUT2D eigenvalue weighted by Gasteiger charge is -1.93. The van der Waals surface area contributed by atoms with Crippen LogP contribution in [-0.2, 0) is 0 Å². The molecule has 0 nitrogen and oxygen atoms in total. The van der Waals surface area contributed by atoms with Crippen LogP contribution in [0.15, 0.2) is 39.0 Å². The Bertz CT molecular complexity index is 62.4. The Morgan fingerprint density at radius 3 is 1.23 bits per heavy atom. The molecule has 13 heavy (non-hydrogen) atoms. The second-order valence-corrected chi connectivity index (χ2v) is 2.33. The van der Waals surface area contributed by atoms with Crippen molar-refractivity contribution in [1.82, 2.24) is 0 Å². The molecular weight excluding hydrogens is 156 g/mol. The van der Waals surface area contributed by atoms with Crippen molar-refractivity contribution in [1.29, 1.82) is 0 Å². The highest BCUT2D eigenvalue weighted by Crippen LogP contribution is 1.98. The van der Waals surface area contributed by atoms with E-state index in [1.54, 1.807) is 0 Å². The normalized spacial score (nSPS) is 8.31. The minimum Gasteiger partial charge on any atom is -0.106 e. The third kappa shape index (κ3) is 92.0. The van der Waals surface area contributed by atoms with Crippen molar-refractivity contribution in [2.24, 2.45) is 5.92 Å². The highest BCUT2D eigenvalue weighted by atomic mass is 13.9. The third-order valence-electron chi connectivity index (χ3n) is 1.05. The van der Waals surface area contributed by atoms with Gasteiger partial charge in [0.05, 0.1) is 0 Å². The molecule has 0 aliphatic carbocycles. The van der Waals surface area contributed by atoms with E-state index in [0.29, 0.717) is 5.92 Å². The zero-order valence-corrected chi connectivity index (χ0v) is 10.1. The second-order valence-electron chi connectivity index (χ2n) is 2.33. The molecular formula is C13H28. The summed E-state index contributed by atoms with van der Waals surface area (Å²) in [5.41, 5.74) is 0. The molecule has 0 aromatic carbocycles. The van der Waals surface area contributed by atoms with Gasteiger partial charge in [-0.3, -0.25) is 0 Å². The van der Waals surface area contributed by atoms with Gasteiger partial charge in [-0.2, -0.15) is 0 Å². The van der Waals surface area contributed by atoms with Crippen LogP contribution in [0.4, 0.5) is 0 Å². The van der Waals surface area contributed by atoms with Crippen LogP contribution < -0.4 is 0 Å². The molecule has 0 amide bonds. The molecule has 0 heteroatoms. The van der Waals surface area contributed by atoms with Crippen molar-refractivity contribution in [2.75, 3.05) is 0 Å². The molecule has 0 N–H and O–H groups in total. The minimum atomic E-state index is 0.699. The van der Waals surface area contributed by atoms with Crippen LogP contribution in [0.3, 0.4) is 0 Å². The minimum absolute atomic E-state index is 0.699. The summed E-state index contributed by atoms with van der Waals surface area (Å²) < 4.78 is 0. The second kappa shape index (κ2) is 43.0. The van der Waals surface area contributed by atoms with Crippen LogP contribution in [0.5, 0.6) is 0 Å². The van der Waals surface area contributed by atoms with E-state index in [9.17, 15) is 0 Å². The maximum Gasteiger partial charge on any atom is -0.0267 e. The predicted molar refractivity (Wildman–Crippen MR) is 68.1 cm³/mol. The van der Waals surface area contributed by atoms with Gasteiger partial charge in [0, 0.05) is 0 Å². The van der Waals surface area contributed by atoms with Gasteiger partial charge in [0.15, 0.2) is 0 Å². The molecule has 0 rings (SSSR count). The van der Waals surface area contributed by atoms with E-state index in [-0.39, 0.29) is 0 Å². The van der Waals surface area contributed by atoms with Crippen molar-refractivity contribution in [3.63, 3.8) is 0 Å². The van der Waals surface area contributed by atoms with E-state index in [1.807, 2.05) is 6.08 Å². The molecule has 0 aliphatic heterocycles. The Morgan fingerprint density at radius 1 is 1.00 bits per heavy atom. The molecule has 0 bridgehead atoms. The topological polar surface area (TPSA) is 0 Å². The Balaban J connectivity index is -0.0000000493. The fourth-order valence-corrected chi connectivity index (χ4v) is 0.167. The molecule has 80 valence electrons. The monoisotopic (exact) mass is 184 g/mol. The number of allylic oxidation sites excluding steroid dienone is 1. The van der Waals surface area contributed by atoms with E-state index in [0.717, 1.165) is 0 Å². The lowest BCUT2D eigenvalue weighted by atomic mass is 10.1.